The van der Waals surface area contributed by atoms with Crippen LogP contribution in [0.2, 0.25) is 0 Å². The average molecular weight is 409 g/mol. The molecule has 3 atom stereocenters. The number of ether oxygens (including phenoxy) is 1. The van der Waals surface area contributed by atoms with E-state index in [-0.39, 0.29) is 17.8 Å². The molecule has 30 heavy (non-hydrogen) atoms. The summed E-state index contributed by atoms with van der Waals surface area (Å²) in [6.45, 7) is 10.0. The standard InChI is InChI=1S/C25H32N2O3/c1-17-14-20(19-10-7-6-8-11-19)25(16-26,15-18(17)2)23(29)27-13-9-12-21(27)22(28)30-24(3,4)5/h6-8,10-11,20-21H,9,12-15H2,1-5H3/t20-,21+,25-/m1/s1. The third-order valence-corrected chi connectivity index (χ3v) is 6.35. The van der Waals surface area contributed by atoms with E-state index in [4.69, 9.17) is 4.74 Å². The molecule has 160 valence electrons. The summed E-state index contributed by atoms with van der Waals surface area (Å²) < 4.78 is 5.58. The van der Waals surface area contributed by atoms with Crippen LogP contribution in [0.1, 0.15) is 71.8 Å². The van der Waals surface area contributed by atoms with Crippen LogP contribution >= 0.6 is 0 Å². The molecule has 2 aliphatic rings. The summed E-state index contributed by atoms with van der Waals surface area (Å²) in [6, 6.07) is 11.6. The molecule has 1 aliphatic carbocycles. The van der Waals surface area contributed by atoms with Crippen molar-refractivity contribution in [2.24, 2.45) is 5.41 Å². The molecule has 3 rings (SSSR count). The lowest BCUT2D eigenvalue weighted by Gasteiger charge is -2.42. The Balaban J connectivity index is 1.99. The SMILES string of the molecule is CC1=C(C)C[C@](C#N)(C(=O)N2CCC[C@H]2C(=O)OC(C)(C)C)[C@@H](c2ccccc2)C1. The van der Waals surface area contributed by atoms with Crippen molar-refractivity contribution >= 4 is 11.9 Å². The normalized spacial score (nSPS) is 27.0. The quantitative estimate of drug-likeness (QED) is 0.535. The molecule has 5 heteroatoms. The Bertz CT molecular complexity index is 891. The van der Waals surface area contributed by atoms with Crippen LogP contribution < -0.4 is 0 Å². The Hall–Kier alpha value is -2.61. The van der Waals surface area contributed by atoms with Gasteiger partial charge in [-0.25, -0.2) is 4.79 Å². The summed E-state index contributed by atoms with van der Waals surface area (Å²) in [5.74, 6) is -0.851. The van der Waals surface area contributed by atoms with E-state index in [0.29, 0.717) is 25.8 Å². The van der Waals surface area contributed by atoms with Gasteiger partial charge in [-0.3, -0.25) is 4.79 Å². The van der Waals surface area contributed by atoms with Crippen LogP contribution in [0.5, 0.6) is 0 Å². The van der Waals surface area contributed by atoms with Gasteiger partial charge in [-0.15, -0.1) is 0 Å². The lowest BCUT2D eigenvalue weighted by atomic mass is 9.62. The molecule has 1 amide bonds. The Morgan fingerprint density at radius 1 is 1.17 bits per heavy atom. The number of hydrogen-bond acceptors (Lipinski definition) is 4. The van der Waals surface area contributed by atoms with E-state index in [9.17, 15) is 14.9 Å². The molecule has 1 fully saturated rings. The highest BCUT2D eigenvalue weighted by molar-refractivity contribution is 5.92. The predicted molar refractivity (Wildman–Crippen MR) is 115 cm³/mol. The molecule has 0 bridgehead atoms. The predicted octanol–water partition coefficient (Wildman–Crippen LogP) is 4.74. The highest BCUT2D eigenvalue weighted by Crippen LogP contribution is 2.50. The van der Waals surface area contributed by atoms with E-state index >= 15 is 0 Å². The average Bonchev–Trinajstić information content (AvgIpc) is 3.18. The molecule has 0 spiro atoms. The maximum atomic E-state index is 13.9. The van der Waals surface area contributed by atoms with Gasteiger partial charge in [0.25, 0.3) is 0 Å². The fourth-order valence-electron chi connectivity index (χ4n) is 4.71. The molecule has 1 aromatic rings. The fraction of sp³-hybridized carbons (Fsp3) is 0.560. The molecule has 5 nitrogen and oxygen atoms in total. The Labute approximate surface area is 179 Å². The zero-order valence-electron chi connectivity index (χ0n) is 18.7. The number of hydrogen-bond donors (Lipinski definition) is 0. The molecule has 0 unspecified atom stereocenters. The summed E-state index contributed by atoms with van der Waals surface area (Å²) in [4.78, 5) is 28.4. The van der Waals surface area contributed by atoms with Crippen molar-refractivity contribution in [1.82, 2.24) is 4.90 Å². The summed E-state index contributed by atoms with van der Waals surface area (Å²) in [6.07, 6.45) is 2.37. The minimum atomic E-state index is -1.21. The Kier molecular flexibility index (Phi) is 6.08. The summed E-state index contributed by atoms with van der Waals surface area (Å²) in [5, 5.41) is 10.4. The molecular formula is C25H32N2O3. The largest absolute Gasteiger partial charge is 0.458 e. The number of carbonyl (C=O) groups is 2. The molecule has 1 saturated heterocycles. The van der Waals surface area contributed by atoms with Gasteiger partial charge in [0, 0.05) is 12.5 Å². The first kappa shape index (κ1) is 22.1. The second-order valence-electron chi connectivity index (χ2n) is 9.68. The van der Waals surface area contributed by atoms with Crippen LogP contribution in [-0.4, -0.2) is 35.0 Å². The number of allylic oxidation sites excluding steroid dienone is 2. The van der Waals surface area contributed by atoms with Crippen LogP contribution in [-0.2, 0) is 14.3 Å². The van der Waals surface area contributed by atoms with Crippen molar-refractivity contribution in [3.05, 3.63) is 47.0 Å². The first-order valence-electron chi connectivity index (χ1n) is 10.7. The van der Waals surface area contributed by atoms with Crippen molar-refractivity contribution in [1.29, 1.82) is 5.26 Å². The van der Waals surface area contributed by atoms with Crippen molar-refractivity contribution in [3.8, 4) is 6.07 Å². The molecule has 0 N–H and O–H groups in total. The Morgan fingerprint density at radius 3 is 2.43 bits per heavy atom. The Morgan fingerprint density at radius 2 is 1.83 bits per heavy atom. The fourth-order valence-corrected chi connectivity index (χ4v) is 4.71. The first-order valence-corrected chi connectivity index (χ1v) is 10.7. The number of nitriles is 1. The topological polar surface area (TPSA) is 70.4 Å². The number of amides is 1. The lowest BCUT2D eigenvalue weighted by molar-refractivity contribution is -0.165. The van der Waals surface area contributed by atoms with Gasteiger partial charge in [0.05, 0.1) is 6.07 Å². The summed E-state index contributed by atoms with van der Waals surface area (Å²) in [5.41, 5.74) is 1.48. The van der Waals surface area contributed by atoms with Crippen molar-refractivity contribution in [2.75, 3.05) is 6.54 Å². The summed E-state index contributed by atoms with van der Waals surface area (Å²) in [7, 11) is 0. The van der Waals surface area contributed by atoms with Crippen LogP contribution in [0.3, 0.4) is 0 Å². The molecule has 1 heterocycles. The number of benzene rings is 1. The van der Waals surface area contributed by atoms with E-state index in [2.05, 4.69) is 13.0 Å². The van der Waals surface area contributed by atoms with E-state index in [0.717, 1.165) is 17.6 Å². The number of carbonyl (C=O) groups excluding carboxylic acids is 2. The van der Waals surface area contributed by atoms with Crippen molar-refractivity contribution in [2.45, 2.75) is 77.9 Å². The van der Waals surface area contributed by atoms with E-state index < -0.39 is 17.1 Å². The molecule has 0 radical (unpaired) electrons. The van der Waals surface area contributed by atoms with Gasteiger partial charge in [-0.1, -0.05) is 41.5 Å². The monoisotopic (exact) mass is 408 g/mol. The van der Waals surface area contributed by atoms with Crippen molar-refractivity contribution in [3.63, 3.8) is 0 Å². The van der Waals surface area contributed by atoms with Gasteiger partial charge >= 0.3 is 5.97 Å². The molecule has 0 aromatic heterocycles. The zero-order valence-corrected chi connectivity index (χ0v) is 18.7. The van der Waals surface area contributed by atoms with Crippen LogP contribution in [0.4, 0.5) is 0 Å². The highest BCUT2D eigenvalue weighted by atomic mass is 16.6. The molecular weight excluding hydrogens is 376 g/mol. The number of nitrogens with zero attached hydrogens (tertiary/aromatic N) is 2. The minimum Gasteiger partial charge on any atom is -0.458 e. The van der Waals surface area contributed by atoms with Gasteiger partial charge in [0.15, 0.2) is 0 Å². The lowest BCUT2D eigenvalue weighted by Crippen LogP contribution is -2.52. The second kappa shape index (κ2) is 8.26. The number of likely N-dealkylation sites (tertiary alicyclic amines) is 1. The molecule has 1 aromatic carbocycles. The van der Waals surface area contributed by atoms with Crippen LogP contribution in [0, 0.1) is 16.7 Å². The smallest absolute Gasteiger partial charge is 0.329 e. The zero-order chi connectivity index (χ0) is 22.1. The highest BCUT2D eigenvalue weighted by Gasteiger charge is 2.53. The summed E-state index contributed by atoms with van der Waals surface area (Å²) >= 11 is 0. The van der Waals surface area contributed by atoms with Gasteiger partial charge < -0.3 is 9.64 Å². The van der Waals surface area contributed by atoms with Crippen molar-refractivity contribution < 1.29 is 14.3 Å². The maximum absolute atomic E-state index is 13.9. The molecule has 1 aliphatic heterocycles. The third-order valence-electron chi connectivity index (χ3n) is 6.35. The van der Waals surface area contributed by atoms with E-state index in [1.807, 2.05) is 58.0 Å². The second-order valence-corrected chi connectivity index (χ2v) is 9.68. The van der Waals surface area contributed by atoms with Gasteiger partial charge in [0.1, 0.15) is 17.1 Å². The van der Waals surface area contributed by atoms with Gasteiger partial charge in [0.2, 0.25) is 5.91 Å². The van der Waals surface area contributed by atoms with Crippen LogP contribution in [0.25, 0.3) is 0 Å². The molecule has 0 saturated carbocycles. The van der Waals surface area contributed by atoms with Gasteiger partial charge in [-0.2, -0.15) is 5.26 Å². The van der Waals surface area contributed by atoms with E-state index in [1.54, 1.807) is 4.90 Å². The maximum Gasteiger partial charge on any atom is 0.329 e. The third kappa shape index (κ3) is 4.14. The van der Waals surface area contributed by atoms with E-state index in [1.165, 1.54) is 5.57 Å². The minimum absolute atomic E-state index is 0.236. The number of esters is 1. The van der Waals surface area contributed by atoms with Crippen LogP contribution in [0.15, 0.2) is 41.5 Å². The van der Waals surface area contributed by atoms with Gasteiger partial charge in [-0.05, 0) is 65.9 Å². The number of rotatable bonds is 3. The first-order chi connectivity index (χ1) is 14.1.